The predicted molar refractivity (Wildman–Crippen MR) is 128 cm³/mol. The van der Waals surface area contributed by atoms with E-state index in [1.165, 1.54) is 10.4 Å². The summed E-state index contributed by atoms with van der Waals surface area (Å²) in [4.78, 5) is 27.4. The minimum Gasteiger partial charge on any atom is -0.479 e. The van der Waals surface area contributed by atoms with Crippen LogP contribution in [-0.4, -0.2) is 50.3 Å². The van der Waals surface area contributed by atoms with Crippen LogP contribution in [0.15, 0.2) is 41.3 Å². The predicted octanol–water partition coefficient (Wildman–Crippen LogP) is 3.09. The third-order valence-electron chi connectivity index (χ3n) is 6.94. The van der Waals surface area contributed by atoms with Crippen LogP contribution in [0.3, 0.4) is 0 Å². The highest BCUT2D eigenvalue weighted by Gasteiger charge is 2.37. The molecule has 2 amide bonds. The largest absolute Gasteiger partial charge is 0.479 e. The summed E-state index contributed by atoms with van der Waals surface area (Å²) in [6, 6.07) is 11.1. The average Bonchev–Trinajstić information content (AvgIpc) is 2.84. The van der Waals surface area contributed by atoms with Crippen molar-refractivity contribution in [1.82, 2.24) is 4.31 Å². The van der Waals surface area contributed by atoms with E-state index < -0.39 is 16.1 Å². The summed E-state index contributed by atoms with van der Waals surface area (Å²) < 4.78 is 34.3. The third-order valence-corrected chi connectivity index (χ3v) is 8.94. The number of hydrogen-bond acceptors (Lipinski definition) is 5. The molecule has 0 spiro atoms. The maximum absolute atomic E-state index is 13.6. The van der Waals surface area contributed by atoms with Gasteiger partial charge in [-0.2, -0.15) is 4.31 Å². The standard InChI is InChI=1S/C25H29N3O5S/c1-16-13-20-22(33-17(2)24(29)26-20)14-23(16)34(31,32)27-11-5-9-19(15-27)25(30)28-12-6-8-18-7-3-4-10-21(18)28/h3-4,7,10,13-14,17,19H,5-6,8-9,11-12,15H2,1-2H3,(H,26,29)/t17-,19+/m0/s1. The van der Waals surface area contributed by atoms with Gasteiger partial charge in [0.05, 0.1) is 16.5 Å². The molecule has 5 rings (SSSR count). The molecule has 1 fully saturated rings. The van der Waals surface area contributed by atoms with Gasteiger partial charge in [-0.05, 0) is 62.8 Å². The van der Waals surface area contributed by atoms with Gasteiger partial charge in [0, 0.05) is 31.4 Å². The number of ether oxygens (including phenoxy) is 1. The molecule has 0 aromatic heterocycles. The maximum atomic E-state index is 13.6. The van der Waals surface area contributed by atoms with Crippen LogP contribution in [0.25, 0.3) is 0 Å². The molecule has 0 saturated carbocycles. The van der Waals surface area contributed by atoms with Gasteiger partial charge in [-0.15, -0.1) is 0 Å². The van der Waals surface area contributed by atoms with E-state index in [1.54, 1.807) is 19.9 Å². The average molecular weight is 484 g/mol. The fourth-order valence-electron chi connectivity index (χ4n) is 5.11. The molecule has 34 heavy (non-hydrogen) atoms. The number of sulfonamides is 1. The van der Waals surface area contributed by atoms with Gasteiger partial charge in [0.25, 0.3) is 5.91 Å². The first kappa shape index (κ1) is 22.9. The van der Waals surface area contributed by atoms with Gasteiger partial charge in [-0.3, -0.25) is 9.59 Å². The van der Waals surface area contributed by atoms with Crippen LogP contribution in [0.1, 0.15) is 37.3 Å². The maximum Gasteiger partial charge on any atom is 0.265 e. The van der Waals surface area contributed by atoms with E-state index in [2.05, 4.69) is 11.4 Å². The van der Waals surface area contributed by atoms with Gasteiger partial charge in [-0.1, -0.05) is 18.2 Å². The molecular formula is C25H29N3O5S. The van der Waals surface area contributed by atoms with Gasteiger partial charge in [-0.25, -0.2) is 8.42 Å². The van der Waals surface area contributed by atoms with Crippen molar-refractivity contribution in [2.75, 3.05) is 29.9 Å². The van der Waals surface area contributed by atoms with E-state index in [1.807, 2.05) is 23.1 Å². The van der Waals surface area contributed by atoms with E-state index in [0.29, 0.717) is 42.9 Å². The molecule has 3 aliphatic heterocycles. The van der Waals surface area contributed by atoms with Gasteiger partial charge >= 0.3 is 0 Å². The summed E-state index contributed by atoms with van der Waals surface area (Å²) in [6.07, 6.45) is 2.44. The molecular weight excluding hydrogens is 454 g/mol. The summed E-state index contributed by atoms with van der Waals surface area (Å²) in [5.74, 6) is -0.317. The number of benzene rings is 2. The summed E-state index contributed by atoms with van der Waals surface area (Å²) in [7, 11) is -3.84. The Kier molecular flexibility index (Phi) is 5.85. The normalized spacial score (nSPS) is 22.9. The number of hydrogen-bond donors (Lipinski definition) is 1. The van der Waals surface area contributed by atoms with Crippen LogP contribution in [-0.2, 0) is 26.0 Å². The molecule has 2 atom stereocenters. The van der Waals surface area contributed by atoms with Gasteiger partial charge in [0.1, 0.15) is 5.75 Å². The number of piperidine rings is 1. The molecule has 0 bridgehead atoms. The number of anilines is 2. The Morgan fingerprint density at radius 2 is 1.94 bits per heavy atom. The lowest BCUT2D eigenvalue weighted by atomic mass is 9.95. The molecule has 8 nitrogen and oxygen atoms in total. The summed E-state index contributed by atoms with van der Waals surface area (Å²) in [5.41, 5.74) is 3.09. The first-order valence-electron chi connectivity index (χ1n) is 11.8. The van der Waals surface area contributed by atoms with Crippen molar-refractivity contribution in [3.63, 3.8) is 0 Å². The molecule has 9 heteroatoms. The Labute approximate surface area is 199 Å². The Morgan fingerprint density at radius 3 is 2.76 bits per heavy atom. The zero-order chi connectivity index (χ0) is 24.0. The minimum absolute atomic E-state index is 0.00548. The highest BCUT2D eigenvalue weighted by Crippen LogP contribution is 2.37. The number of carbonyl (C=O) groups is 2. The number of para-hydroxylation sites is 1. The quantitative estimate of drug-likeness (QED) is 0.724. The lowest BCUT2D eigenvalue weighted by Crippen LogP contribution is -2.48. The van der Waals surface area contributed by atoms with Crippen molar-refractivity contribution >= 4 is 33.2 Å². The van der Waals surface area contributed by atoms with E-state index >= 15 is 0 Å². The zero-order valence-corrected chi connectivity index (χ0v) is 20.2. The van der Waals surface area contributed by atoms with E-state index in [9.17, 15) is 18.0 Å². The van der Waals surface area contributed by atoms with E-state index in [-0.39, 0.29) is 29.2 Å². The van der Waals surface area contributed by atoms with Crippen molar-refractivity contribution in [3.05, 3.63) is 47.5 Å². The molecule has 2 aromatic rings. The fraction of sp³-hybridized carbons (Fsp3) is 0.440. The third kappa shape index (κ3) is 3.96. The molecule has 2 aromatic carbocycles. The van der Waals surface area contributed by atoms with Crippen LogP contribution in [0.4, 0.5) is 11.4 Å². The van der Waals surface area contributed by atoms with Gasteiger partial charge in [0.15, 0.2) is 6.10 Å². The molecule has 0 aliphatic carbocycles. The van der Waals surface area contributed by atoms with Crippen molar-refractivity contribution in [2.45, 2.75) is 50.5 Å². The topological polar surface area (TPSA) is 96.0 Å². The van der Waals surface area contributed by atoms with E-state index in [0.717, 1.165) is 24.1 Å². The van der Waals surface area contributed by atoms with Crippen LogP contribution in [0, 0.1) is 12.8 Å². The number of fused-ring (bicyclic) bond motifs is 2. The number of carbonyl (C=O) groups excluding carboxylic acids is 2. The molecule has 3 aliphatic rings. The molecule has 0 radical (unpaired) electrons. The van der Waals surface area contributed by atoms with Crippen LogP contribution in [0.2, 0.25) is 0 Å². The van der Waals surface area contributed by atoms with Crippen LogP contribution < -0.4 is 15.0 Å². The minimum atomic E-state index is -3.84. The summed E-state index contributed by atoms with van der Waals surface area (Å²) in [5, 5.41) is 2.75. The molecule has 3 heterocycles. The number of amides is 2. The Bertz CT molecular complexity index is 1260. The smallest absolute Gasteiger partial charge is 0.265 e. The first-order valence-corrected chi connectivity index (χ1v) is 13.2. The summed E-state index contributed by atoms with van der Waals surface area (Å²) in [6.45, 7) is 4.50. The van der Waals surface area contributed by atoms with Crippen LogP contribution >= 0.6 is 0 Å². The lowest BCUT2D eigenvalue weighted by molar-refractivity contribution is -0.123. The second-order valence-corrected chi connectivity index (χ2v) is 11.2. The van der Waals surface area contributed by atoms with Gasteiger partial charge in [0.2, 0.25) is 15.9 Å². The number of aryl methyl sites for hydroxylation is 2. The second kappa shape index (κ2) is 8.70. The SMILES string of the molecule is Cc1cc2c(cc1S(=O)(=O)N1CCC[C@@H](C(=O)N3CCCc4ccccc43)C1)O[C@@H](C)C(=O)N2. The van der Waals surface area contributed by atoms with Gasteiger partial charge < -0.3 is 15.0 Å². The lowest BCUT2D eigenvalue weighted by Gasteiger charge is -2.36. The molecule has 0 unspecified atom stereocenters. The Morgan fingerprint density at radius 1 is 1.15 bits per heavy atom. The zero-order valence-electron chi connectivity index (χ0n) is 19.4. The van der Waals surface area contributed by atoms with Crippen molar-refractivity contribution in [1.29, 1.82) is 0 Å². The second-order valence-electron chi connectivity index (χ2n) is 9.29. The van der Waals surface area contributed by atoms with Crippen molar-refractivity contribution in [3.8, 4) is 5.75 Å². The molecule has 1 saturated heterocycles. The summed E-state index contributed by atoms with van der Waals surface area (Å²) >= 11 is 0. The van der Waals surface area contributed by atoms with Crippen LogP contribution in [0.5, 0.6) is 5.75 Å². The Balaban J connectivity index is 1.39. The monoisotopic (exact) mass is 483 g/mol. The van der Waals surface area contributed by atoms with E-state index in [4.69, 9.17) is 4.74 Å². The van der Waals surface area contributed by atoms with Crippen molar-refractivity contribution in [2.24, 2.45) is 5.92 Å². The highest BCUT2D eigenvalue weighted by atomic mass is 32.2. The Hall–Kier alpha value is -2.91. The fourth-order valence-corrected chi connectivity index (χ4v) is 6.85. The highest BCUT2D eigenvalue weighted by molar-refractivity contribution is 7.89. The van der Waals surface area contributed by atoms with Crippen molar-refractivity contribution < 1.29 is 22.7 Å². The molecule has 1 N–H and O–H groups in total. The number of nitrogens with zero attached hydrogens (tertiary/aromatic N) is 2. The molecule has 180 valence electrons. The number of rotatable bonds is 3. The number of nitrogens with one attached hydrogen (secondary N) is 1. The first-order chi connectivity index (χ1) is 16.3.